The lowest BCUT2D eigenvalue weighted by Gasteiger charge is -2.15. The van der Waals surface area contributed by atoms with Crippen molar-refractivity contribution in [1.29, 1.82) is 0 Å². The number of rotatable bonds is 6. The first-order valence-electron chi connectivity index (χ1n) is 8.50. The van der Waals surface area contributed by atoms with Gasteiger partial charge in [0.05, 0.1) is 6.54 Å². The maximum atomic E-state index is 12.4. The van der Waals surface area contributed by atoms with Crippen LogP contribution in [0.1, 0.15) is 23.4 Å². The molecule has 3 rings (SSSR count). The fourth-order valence-electron chi connectivity index (χ4n) is 2.62. The largest absolute Gasteiger partial charge is 0.337 e. The Balaban J connectivity index is 1.59. The lowest BCUT2D eigenvalue weighted by molar-refractivity contribution is -0.130. The van der Waals surface area contributed by atoms with Gasteiger partial charge in [-0.25, -0.2) is 0 Å². The third kappa shape index (κ3) is 4.87. The first-order valence-corrected chi connectivity index (χ1v) is 9.26. The Morgan fingerprint density at radius 1 is 1.11 bits per heavy atom. The highest BCUT2D eigenvalue weighted by molar-refractivity contribution is 6.36. The molecule has 0 fully saturated rings. The van der Waals surface area contributed by atoms with Gasteiger partial charge in [-0.15, -0.1) is 0 Å². The van der Waals surface area contributed by atoms with Crippen molar-refractivity contribution in [2.24, 2.45) is 0 Å². The summed E-state index contributed by atoms with van der Waals surface area (Å²) in [5.41, 5.74) is 2.81. The maximum absolute atomic E-state index is 12.4. The summed E-state index contributed by atoms with van der Waals surface area (Å²) in [6.07, 6.45) is 0.763. The molecule has 0 radical (unpaired) electrons. The van der Waals surface area contributed by atoms with E-state index in [2.05, 4.69) is 10.1 Å². The number of benzene rings is 2. The van der Waals surface area contributed by atoms with Gasteiger partial charge in [-0.3, -0.25) is 4.79 Å². The summed E-state index contributed by atoms with van der Waals surface area (Å²) in [7, 11) is 1.70. The lowest BCUT2D eigenvalue weighted by Crippen LogP contribution is -2.26. The van der Waals surface area contributed by atoms with Gasteiger partial charge in [-0.1, -0.05) is 64.3 Å². The van der Waals surface area contributed by atoms with Crippen molar-refractivity contribution in [3.63, 3.8) is 0 Å². The van der Waals surface area contributed by atoms with Crippen LogP contribution in [0.15, 0.2) is 47.0 Å². The highest BCUT2D eigenvalue weighted by Gasteiger charge is 2.16. The molecule has 140 valence electrons. The zero-order valence-corrected chi connectivity index (χ0v) is 16.6. The minimum absolute atomic E-state index is 0.0546. The fourth-order valence-corrected chi connectivity index (χ4v) is 3.21. The van der Waals surface area contributed by atoms with Crippen molar-refractivity contribution in [2.45, 2.75) is 26.3 Å². The second-order valence-electron chi connectivity index (χ2n) is 6.33. The van der Waals surface area contributed by atoms with Crippen LogP contribution in [0, 0.1) is 6.92 Å². The Bertz CT molecular complexity index is 918. The molecule has 0 spiro atoms. The van der Waals surface area contributed by atoms with Crippen LogP contribution in [0.2, 0.25) is 10.0 Å². The molecule has 27 heavy (non-hydrogen) atoms. The van der Waals surface area contributed by atoms with Gasteiger partial charge in [0.25, 0.3) is 0 Å². The molecule has 0 N–H and O–H groups in total. The number of aryl methyl sites for hydroxylation is 1. The fraction of sp³-hybridized carbons (Fsp3) is 0.250. The molecule has 0 aliphatic carbocycles. The highest BCUT2D eigenvalue weighted by atomic mass is 35.5. The number of nitrogens with zero attached hydrogens (tertiary/aromatic N) is 3. The monoisotopic (exact) mass is 403 g/mol. The Kier molecular flexibility index (Phi) is 6.14. The smallest absolute Gasteiger partial charge is 0.246 e. The summed E-state index contributed by atoms with van der Waals surface area (Å²) in [5, 5.41) is 5.12. The van der Waals surface area contributed by atoms with E-state index in [1.54, 1.807) is 30.1 Å². The molecule has 0 bridgehead atoms. The standard InChI is InChI=1S/C20H19Cl2N3O2/c1-13-6-8-14(9-7-13)20-23-18(27-24-20)12-25(2)19(26)11-10-15-16(21)4-3-5-17(15)22/h3-9H,10-12H2,1-2H3. The van der Waals surface area contributed by atoms with Gasteiger partial charge in [-0.2, -0.15) is 4.98 Å². The van der Waals surface area contributed by atoms with Crippen LogP contribution in [0.25, 0.3) is 11.4 Å². The van der Waals surface area contributed by atoms with Gasteiger partial charge in [0.1, 0.15) is 0 Å². The van der Waals surface area contributed by atoms with Gasteiger partial charge >= 0.3 is 0 Å². The van der Waals surface area contributed by atoms with E-state index < -0.39 is 0 Å². The molecule has 0 unspecified atom stereocenters. The lowest BCUT2D eigenvalue weighted by atomic mass is 10.1. The average Bonchev–Trinajstić information content (AvgIpc) is 3.10. The van der Waals surface area contributed by atoms with Crippen molar-refractivity contribution < 1.29 is 9.32 Å². The number of halogens is 2. The van der Waals surface area contributed by atoms with Crippen molar-refractivity contribution in [3.8, 4) is 11.4 Å². The molecule has 1 amide bonds. The molecular weight excluding hydrogens is 385 g/mol. The van der Waals surface area contributed by atoms with Crippen molar-refractivity contribution >= 4 is 29.1 Å². The summed E-state index contributed by atoms with van der Waals surface area (Å²) in [6, 6.07) is 13.2. The molecule has 0 aliphatic heterocycles. The average molecular weight is 404 g/mol. The Hall–Kier alpha value is -2.37. The van der Waals surface area contributed by atoms with Gasteiger partial charge < -0.3 is 9.42 Å². The number of amides is 1. The number of carbonyl (C=O) groups excluding carboxylic acids is 1. The number of hydrogen-bond acceptors (Lipinski definition) is 4. The summed E-state index contributed by atoms with van der Waals surface area (Å²) in [6.45, 7) is 2.26. The maximum Gasteiger partial charge on any atom is 0.246 e. The van der Waals surface area contributed by atoms with E-state index in [1.165, 1.54) is 0 Å². The van der Waals surface area contributed by atoms with E-state index in [9.17, 15) is 4.79 Å². The topological polar surface area (TPSA) is 59.2 Å². The molecule has 1 aromatic heterocycles. The van der Waals surface area contributed by atoms with Crippen molar-refractivity contribution in [1.82, 2.24) is 15.0 Å². The number of aromatic nitrogens is 2. The summed E-state index contributed by atoms with van der Waals surface area (Å²) < 4.78 is 5.27. The summed E-state index contributed by atoms with van der Waals surface area (Å²) in [4.78, 5) is 18.3. The second-order valence-corrected chi connectivity index (χ2v) is 7.14. The molecule has 0 atom stereocenters. The Morgan fingerprint density at radius 3 is 2.44 bits per heavy atom. The van der Waals surface area contributed by atoms with Crippen molar-refractivity contribution in [3.05, 3.63) is 69.5 Å². The van der Waals surface area contributed by atoms with Crippen LogP contribution in [0.3, 0.4) is 0 Å². The SMILES string of the molecule is Cc1ccc(-c2noc(CN(C)C(=O)CCc3c(Cl)cccc3Cl)n2)cc1. The second kappa shape index (κ2) is 8.55. The Morgan fingerprint density at radius 2 is 1.78 bits per heavy atom. The van der Waals surface area contributed by atoms with Crippen LogP contribution in [-0.4, -0.2) is 28.0 Å². The van der Waals surface area contributed by atoms with Crippen LogP contribution in [0.4, 0.5) is 0 Å². The predicted molar refractivity (Wildman–Crippen MR) is 106 cm³/mol. The van der Waals surface area contributed by atoms with Crippen LogP contribution in [0.5, 0.6) is 0 Å². The van der Waals surface area contributed by atoms with Crippen LogP contribution < -0.4 is 0 Å². The number of carbonyl (C=O) groups is 1. The quantitative estimate of drug-likeness (QED) is 0.584. The van der Waals surface area contributed by atoms with Gasteiger partial charge in [0.15, 0.2) is 0 Å². The molecule has 2 aromatic carbocycles. The zero-order valence-electron chi connectivity index (χ0n) is 15.1. The predicted octanol–water partition coefficient (Wildman–Crippen LogP) is 4.94. The summed E-state index contributed by atoms with van der Waals surface area (Å²) in [5.74, 6) is 0.840. The molecular formula is C20H19Cl2N3O2. The van der Waals surface area contributed by atoms with E-state index in [0.717, 1.165) is 16.7 Å². The third-order valence-corrected chi connectivity index (χ3v) is 4.93. The van der Waals surface area contributed by atoms with Gasteiger partial charge in [0.2, 0.25) is 17.6 Å². The van der Waals surface area contributed by atoms with Crippen molar-refractivity contribution in [2.75, 3.05) is 7.05 Å². The molecule has 5 nitrogen and oxygen atoms in total. The molecule has 3 aromatic rings. The molecule has 7 heteroatoms. The minimum atomic E-state index is -0.0546. The van der Waals surface area contributed by atoms with E-state index in [-0.39, 0.29) is 12.5 Å². The molecule has 1 heterocycles. The number of hydrogen-bond donors (Lipinski definition) is 0. The molecule has 0 saturated carbocycles. The van der Waals surface area contributed by atoms with E-state index >= 15 is 0 Å². The van der Waals surface area contributed by atoms with Gasteiger partial charge in [-0.05, 0) is 31.0 Å². The van der Waals surface area contributed by atoms with E-state index in [1.807, 2.05) is 31.2 Å². The third-order valence-electron chi connectivity index (χ3n) is 4.23. The zero-order chi connectivity index (χ0) is 19.4. The van der Waals surface area contributed by atoms with E-state index in [0.29, 0.717) is 34.6 Å². The van der Waals surface area contributed by atoms with Crippen LogP contribution >= 0.6 is 23.2 Å². The molecule has 0 saturated heterocycles. The Labute approximate surface area is 167 Å². The van der Waals surface area contributed by atoms with E-state index in [4.69, 9.17) is 27.7 Å². The minimum Gasteiger partial charge on any atom is -0.337 e. The normalized spacial score (nSPS) is 10.8. The van der Waals surface area contributed by atoms with Gasteiger partial charge in [0, 0.05) is 29.1 Å². The highest BCUT2D eigenvalue weighted by Crippen LogP contribution is 2.25. The first-order chi connectivity index (χ1) is 12.9. The van der Waals surface area contributed by atoms with Crippen LogP contribution in [-0.2, 0) is 17.8 Å². The summed E-state index contributed by atoms with van der Waals surface area (Å²) >= 11 is 12.3. The molecule has 0 aliphatic rings. The first kappa shape index (κ1) is 19.4.